The number of amides is 4. The van der Waals surface area contributed by atoms with Gasteiger partial charge in [-0.2, -0.15) is 0 Å². The van der Waals surface area contributed by atoms with Gasteiger partial charge < -0.3 is 10.6 Å². The van der Waals surface area contributed by atoms with Crippen LogP contribution >= 0.6 is 0 Å². The molecule has 0 saturated carbocycles. The number of Topliss-reactive ketones (excluding diaryl/α,β-unsaturated/α-hetero) is 1. The molecule has 8 heteroatoms. The minimum absolute atomic E-state index is 0.0948. The topological polar surface area (TPSA) is 121 Å². The van der Waals surface area contributed by atoms with Crippen molar-refractivity contribution in [2.24, 2.45) is 17.8 Å². The van der Waals surface area contributed by atoms with Gasteiger partial charge in [-0.25, -0.2) is 0 Å². The molecule has 1 aromatic carbocycles. The summed E-state index contributed by atoms with van der Waals surface area (Å²) >= 11 is 0. The number of hydrogen-bond donors (Lipinski definition) is 3. The van der Waals surface area contributed by atoms with Gasteiger partial charge in [0.15, 0.2) is 5.78 Å². The molecule has 35 heavy (non-hydrogen) atoms. The third-order valence-electron chi connectivity index (χ3n) is 6.35. The summed E-state index contributed by atoms with van der Waals surface area (Å²) in [5.41, 5.74) is 0.746. The maximum Gasteiger partial charge on any atom is 0.244 e. The molecule has 188 valence electrons. The first-order valence-corrected chi connectivity index (χ1v) is 12.1. The number of carbonyl (C=O) groups is 5. The van der Waals surface area contributed by atoms with Crippen molar-refractivity contribution >= 4 is 29.4 Å². The quantitative estimate of drug-likeness (QED) is 0.183. The van der Waals surface area contributed by atoms with Crippen LogP contribution < -0.4 is 16.0 Å². The van der Waals surface area contributed by atoms with E-state index < -0.39 is 47.4 Å². The van der Waals surface area contributed by atoms with Gasteiger partial charge in [-0.15, -0.1) is 0 Å². The molecule has 3 N–H and O–H groups in total. The van der Waals surface area contributed by atoms with E-state index in [0.717, 1.165) is 5.56 Å². The SMILES string of the molecule is C/C=C/C=C/C(=O)N[C@@H](CC(=O)NC(C(=O)[C@@H]1C(=O)NC(=O)[C@H]1C)C(CC)CC)c1ccccc1. The molecule has 1 heterocycles. The average molecular weight is 482 g/mol. The number of nitrogens with one attached hydrogen (secondary N) is 3. The Morgan fingerprint density at radius 1 is 1.00 bits per heavy atom. The fraction of sp³-hybridized carbons (Fsp3) is 0.444. The summed E-state index contributed by atoms with van der Waals surface area (Å²) in [5.74, 6) is -4.47. The number of imide groups is 1. The summed E-state index contributed by atoms with van der Waals surface area (Å²) in [6.07, 6.45) is 7.62. The van der Waals surface area contributed by atoms with E-state index in [4.69, 9.17) is 0 Å². The number of allylic oxidation sites excluding steroid dienone is 3. The van der Waals surface area contributed by atoms with Crippen molar-refractivity contribution in [3.05, 3.63) is 60.2 Å². The highest BCUT2D eigenvalue weighted by Crippen LogP contribution is 2.26. The molecule has 1 saturated heterocycles. The molecule has 1 aliphatic rings. The van der Waals surface area contributed by atoms with Gasteiger partial charge in [-0.1, -0.05) is 82.2 Å². The Morgan fingerprint density at radius 2 is 1.66 bits per heavy atom. The lowest BCUT2D eigenvalue weighted by molar-refractivity contribution is -0.138. The van der Waals surface area contributed by atoms with Crippen LogP contribution in [0.4, 0.5) is 0 Å². The molecule has 2 rings (SSSR count). The molecule has 1 fully saturated rings. The number of benzene rings is 1. The lowest BCUT2D eigenvalue weighted by atomic mass is 9.82. The first-order valence-electron chi connectivity index (χ1n) is 12.1. The zero-order valence-corrected chi connectivity index (χ0v) is 20.7. The van der Waals surface area contributed by atoms with E-state index in [-0.39, 0.29) is 18.2 Å². The van der Waals surface area contributed by atoms with Gasteiger partial charge in [0, 0.05) is 6.08 Å². The summed E-state index contributed by atoms with van der Waals surface area (Å²) in [6.45, 7) is 7.20. The third kappa shape index (κ3) is 7.47. The Balaban J connectivity index is 2.24. The van der Waals surface area contributed by atoms with Crippen LogP contribution in [0.5, 0.6) is 0 Å². The Kier molecular flexibility index (Phi) is 10.6. The fourth-order valence-corrected chi connectivity index (χ4v) is 4.27. The lowest BCUT2D eigenvalue weighted by Crippen LogP contribution is -2.50. The van der Waals surface area contributed by atoms with Gasteiger partial charge in [0.1, 0.15) is 5.92 Å². The van der Waals surface area contributed by atoms with Crippen LogP contribution in [0.1, 0.15) is 58.6 Å². The monoisotopic (exact) mass is 481 g/mol. The Bertz CT molecular complexity index is 982. The zero-order chi connectivity index (χ0) is 26.0. The van der Waals surface area contributed by atoms with Crippen molar-refractivity contribution in [2.45, 2.75) is 59.0 Å². The second-order valence-electron chi connectivity index (χ2n) is 8.70. The summed E-state index contributed by atoms with van der Waals surface area (Å²) < 4.78 is 0. The van der Waals surface area contributed by atoms with E-state index in [1.165, 1.54) is 13.0 Å². The lowest BCUT2D eigenvalue weighted by Gasteiger charge is -2.28. The summed E-state index contributed by atoms with van der Waals surface area (Å²) in [7, 11) is 0. The molecule has 0 aliphatic carbocycles. The van der Waals surface area contributed by atoms with Crippen molar-refractivity contribution in [3.8, 4) is 0 Å². The summed E-state index contributed by atoms with van der Waals surface area (Å²) in [4.78, 5) is 63.1. The molecule has 8 nitrogen and oxygen atoms in total. The molecule has 4 amide bonds. The molecule has 0 spiro atoms. The smallest absolute Gasteiger partial charge is 0.244 e. The Morgan fingerprint density at radius 3 is 2.20 bits per heavy atom. The second-order valence-corrected chi connectivity index (χ2v) is 8.70. The fourth-order valence-electron chi connectivity index (χ4n) is 4.27. The average Bonchev–Trinajstić information content (AvgIpc) is 3.09. The van der Waals surface area contributed by atoms with Crippen LogP contribution in [0.15, 0.2) is 54.6 Å². The number of rotatable bonds is 12. The Hall–Kier alpha value is -3.55. The molecule has 1 aromatic rings. The highest BCUT2D eigenvalue weighted by atomic mass is 16.2. The number of carbonyl (C=O) groups excluding carboxylic acids is 5. The van der Waals surface area contributed by atoms with Gasteiger partial charge >= 0.3 is 0 Å². The van der Waals surface area contributed by atoms with Crippen molar-refractivity contribution in [2.75, 3.05) is 0 Å². The largest absolute Gasteiger partial charge is 0.346 e. The highest BCUT2D eigenvalue weighted by molar-refractivity contribution is 6.16. The van der Waals surface area contributed by atoms with Gasteiger partial charge in [0.25, 0.3) is 0 Å². The molecular weight excluding hydrogens is 446 g/mol. The minimum Gasteiger partial charge on any atom is -0.346 e. The maximum atomic E-state index is 13.4. The molecule has 0 bridgehead atoms. The van der Waals surface area contributed by atoms with Gasteiger partial charge in [0.05, 0.1) is 24.4 Å². The van der Waals surface area contributed by atoms with Crippen LogP contribution in [0.25, 0.3) is 0 Å². The second kappa shape index (κ2) is 13.4. The van der Waals surface area contributed by atoms with E-state index in [1.807, 2.05) is 51.1 Å². The van der Waals surface area contributed by atoms with Gasteiger partial charge in [0.2, 0.25) is 23.6 Å². The zero-order valence-electron chi connectivity index (χ0n) is 20.7. The van der Waals surface area contributed by atoms with Gasteiger partial charge in [-0.3, -0.25) is 29.3 Å². The van der Waals surface area contributed by atoms with Crippen LogP contribution in [0.2, 0.25) is 0 Å². The minimum atomic E-state index is -1.13. The number of ketones is 1. The van der Waals surface area contributed by atoms with Crippen LogP contribution in [-0.4, -0.2) is 35.5 Å². The predicted octanol–water partition coefficient (Wildman–Crippen LogP) is 2.77. The standard InChI is InChI=1S/C27H35N3O5/c1-5-8-10-15-21(31)28-20(19-13-11-9-12-14-19)16-22(32)29-24(18(6-2)7-3)25(33)23-17(4)26(34)30-27(23)35/h5,8-15,17-18,20,23-24H,6-7,16H2,1-4H3,(H,28,31)(H,29,32)(H,30,34,35)/b8-5+,15-10+/t17-,20-,23+,24?/m0/s1. The van der Waals surface area contributed by atoms with E-state index >= 15 is 0 Å². The molecular formula is C27H35N3O5. The number of hydrogen-bond acceptors (Lipinski definition) is 5. The Labute approximate surface area is 206 Å². The van der Waals surface area contributed by atoms with Crippen molar-refractivity contribution < 1.29 is 24.0 Å². The molecule has 4 atom stereocenters. The molecule has 1 unspecified atom stereocenters. The highest BCUT2D eigenvalue weighted by Gasteiger charge is 2.46. The van der Waals surface area contributed by atoms with E-state index in [9.17, 15) is 24.0 Å². The van der Waals surface area contributed by atoms with E-state index in [0.29, 0.717) is 12.8 Å². The first-order chi connectivity index (χ1) is 16.7. The van der Waals surface area contributed by atoms with Crippen molar-refractivity contribution in [1.82, 2.24) is 16.0 Å². The van der Waals surface area contributed by atoms with E-state index in [2.05, 4.69) is 16.0 Å². The summed E-state index contributed by atoms with van der Waals surface area (Å²) in [5, 5.41) is 7.87. The third-order valence-corrected chi connectivity index (χ3v) is 6.35. The predicted molar refractivity (Wildman–Crippen MR) is 133 cm³/mol. The van der Waals surface area contributed by atoms with Crippen LogP contribution in [0, 0.1) is 17.8 Å². The van der Waals surface area contributed by atoms with Crippen molar-refractivity contribution in [1.29, 1.82) is 0 Å². The first kappa shape index (κ1) is 27.7. The van der Waals surface area contributed by atoms with Crippen LogP contribution in [0.3, 0.4) is 0 Å². The normalized spacial score (nSPS) is 19.7. The molecule has 0 aromatic heterocycles. The molecule has 0 radical (unpaired) electrons. The molecule has 1 aliphatic heterocycles. The summed E-state index contributed by atoms with van der Waals surface area (Å²) in [6, 6.07) is 7.56. The maximum absolute atomic E-state index is 13.4. The van der Waals surface area contributed by atoms with Crippen LogP contribution in [-0.2, 0) is 24.0 Å². The van der Waals surface area contributed by atoms with E-state index in [1.54, 1.807) is 18.2 Å². The van der Waals surface area contributed by atoms with Crippen molar-refractivity contribution in [3.63, 3.8) is 0 Å². The van der Waals surface area contributed by atoms with Gasteiger partial charge in [-0.05, 0) is 18.4 Å².